The third-order valence-electron chi connectivity index (χ3n) is 3.57. The van der Waals surface area contributed by atoms with E-state index >= 15 is 0 Å². The smallest absolute Gasteiger partial charge is 0.242 e. The van der Waals surface area contributed by atoms with E-state index in [-0.39, 0.29) is 11.9 Å². The van der Waals surface area contributed by atoms with Crippen molar-refractivity contribution in [2.45, 2.75) is 51.1 Å². The second-order valence-corrected chi connectivity index (χ2v) is 6.46. The highest BCUT2D eigenvalue weighted by molar-refractivity contribution is 14.1. The number of carbonyl (C=O) groups is 1. The molecule has 0 radical (unpaired) electrons. The molecule has 0 heterocycles. The maximum absolute atomic E-state index is 12.1. The molecular weight excluding hydrogens is 351 g/mol. The van der Waals surface area contributed by atoms with Crippen molar-refractivity contribution in [1.82, 2.24) is 5.32 Å². The largest absolute Gasteiger partial charge is 0.374 e. The van der Waals surface area contributed by atoms with Gasteiger partial charge in [-0.05, 0) is 66.6 Å². The molecule has 0 aromatic heterocycles. The third kappa shape index (κ3) is 4.67. The molecule has 1 aliphatic rings. The maximum atomic E-state index is 12.1. The van der Waals surface area contributed by atoms with E-state index in [1.165, 1.54) is 22.8 Å². The van der Waals surface area contributed by atoms with Crippen molar-refractivity contribution in [1.29, 1.82) is 0 Å². The first-order valence-corrected chi connectivity index (χ1v) is 8.05. The first kappa shape index (κ1) is 14.6. The van der Waals surface area contributed by atoms with Gasteiger partial charge < -0.3 is 10.6 Å². The average Bonchev–Trinajstić information content (AvgIpc) is 2.42. The van der Waals surface area contributed by atoms with Gasteiger partial charge >= 0.3 is 0 Å². The summed E-state index contributed by atoms with van der Waals surface area (Å²) in [4.78, 5) is 12.1. The van der Waals surface area contributed by atoms with Crippen LogP contribution in [-0.4, -0.2) is 18.0 Å². The Morgan fingerprint density at radius 2 is 1.84 bits per heavy atom. The van der Waals surface area contributed by atoms with Crippen LogP contribution in [0.1, 0.15) is 39.0 Å². The molecule has 0 aliphatic heterocycles. The fourth-order valence-electron chi connectivity index (χ4n) is 2.43. The predicted molar refractivity (Wildman–Crippen MR) is 87.3 cm³/mol. The Balaban J connectivity index is 1.83. The van der Waals surface area contributed by atoms with Crippen LogP contribution in [0.3, 0.4) is 0 Å². The second-order valence-electron chi connectivity index (χ2n) is 5.22. The predicted octanol–water partition coefficient (Wildman–Crippen LogP) is 3.54. The lowest BCUT2D eigenvalue weighted by Gasteiger charge is -2.25. The van der Waals surface area contributed by atoms with Crippen LogP contribution in [0.5, 0.6) is 0 Å². The summed E-state index contributed by atoms with van der Waals surface area (Å²) >= 11 is 2.27. The van der Waals surface area contributed by atoms with E-state index in [0.29, 0.717) is 6.04 Å². The summed E-state index contributed by atoms with van der Waals surface area (Å²) in [7, 11) is 0. The van der Waals surface area contributed by atoms with Gasteiger partial charge in [-0.15, -0.1) is 0 Å². The summed E-state index contributed by atoms with van der Waals surface area (Å²) in [5.41, 5.74) is 0.992. The van der Waals surface area contributed by atoms with Gasteiger partial charge in [-0.2, -0.15) is 0 Å². The van der Waals surface area contributed by atoms with Gasteiger partial charge in [-0.1, -0.05) is 19.3 Å². The molecular formula is C15H21IN2O. The molecule has 1 aromatic rings. The van der Waals surface area contributed by atoms with Crippen LogP contribution in [-0.2, 0) is 4.79 Å². The lowest BCUT2D eigenvalue weighted by Crippen LogP contribution is -2.43. The van der Waals surface area contributed by atoms with Gasteiger partial charge in [0.1, 0.15) is 6.04 Å². The van der Waals surface area contributed by atoms with Crippen molar-refractivity contribution >= 4 is 34.2 Å². The topological polar surface area (TPSA) is 41.1 Å². The molecule has 1 aromatic carbocycles. The molecule has 19 heavy (non-hydrogen) atoms. The standard InChI is InChI=1S/C15H21IN2O/c1-11(17-14-9-7-12(16)8-10-14)15(19)18-13-5-3-2-4-6-13/h7-11,13,17H,2-6H2,1H3,(H,18,19)/t11-/m0/s1. The molecule has 1 aliphatic carbocycles. The Morgan fingerprint density at radius 3 is 2.47 bits per heavy atom. The van der Waals surface area contributed by atoms with Gasteiger partial charge in [0.25, 0.3) is 0 Å². The van der Waals surface area contributed by atoms with Crippen LogP contribution in [0, 0.1) is 3.57 Å². The third-order valence-corrected chi connectivity index (χ3v) is 4.29. The van der Waals surface area contributed by atoms with Gasteiger partial charge in [0.15, 0.2) is 0 Å². The van der Waals surface area contributed by atoms with E-state index < -0.39 is 0 Å². The zero-order valence-corrected chi connectivity index (χ0v) is 13.4. The summed E-state index contributed by atoms with van der Waals surface area (Å²) in [6.45, 7) is 1.91. The van der Waals surface area contributed by atoms with E-state index in [1.54, 1.807) is 0 Å². The minimum atomic E-state index is -0.193. The normalized spacial score (nSPS) is 17.8. The summed E-state index contributed by atoms with van der Waals surface area (Å²) in [5.74, 6) is 0.102. The number of anilines is 1. The van der Waals surface area contributed by atoms with Crippen molar-refractivity contribution in [2.24, 2.45) is 0 Å². The Labute approximate surface area is 128 Å². The van der Waals surface area contributed by atoms with Crippen molar-refractivity contribution in [3.8, 4) is 0 Å². The van der Waals surface area contributed by atoms with E-state index in [9.17, 15) is 4.79 Å². The van der Waals surface area contributed by atoms with E-state index in [4.69, 9.17) is 0 Å². The highest BCUT2D eigenvalue weighted by atomic mass is 127. The zero-order chi connectivity index (χ0) is 13.7. The number of carbonyl (C=O) groups excluding carboxylic acids is 1. The van der Waals surface area contributed by atoms with Crippen LogP contribution in [0.4, 0.5) is 5.69 Å². The number of nitrogens with one attached hydrogen (secondary N) is 2. The number of halogens is 1. The number of rotatable bonds is 4. The monoisotopic (exact) mass is 372 g/mol. The molecule has 3 nitrogen and oxygen atoms in total. The first-order valence-electron chi connectivity index (χ1n) is 6.97. The molecule has 1 saturated carbocycles. The highest BCUT2D eigenvalue weighted by Gasteiger charge is 2.19. The number of benzene rings is 1. The van der Waals surface area contributed by atoms with Crippen molar-refractivity contribution in [3.63, 3.8) is 0 Å². The van der Waals surface area contributed by atoms with Gasteiger partial charge in [-0.25, -0.2) is 0 Å². The number of hydrogen-bond donors (Lipinski definition) is 2. The van der Waals surface area contributed by atoms with Crippen LogP contribution < -0.4 is 10.6 Å². The molecule has 1 amide bonds. The first-order chi connectivity index (χ1) is 9.15. The Morgan fingerprint density at radius 1 is 1.21 bits per heavy atom. The fraction of sp³-hybridized carbons (Fsp3) is 0.533. The quantitative estimate of drug-likeness (QED) is 0.794. The van der Waals surface area contributed by atoms with Crippen molar-refractivity contribution in [3.05, 3.63) is 27.8 Å². The van der Waals surface area contributed by atoms with Gasteiger partial charge in [0.2, 0.25) is 5.91 Å². The van der Waals surface area contributed by atoms with Crippen LogP contribution in [0.25, 0.3) is 0 Å². The van der Waals surface area contributed by atoms with E-state index in [1.807, 2.05) is 31.2 Å². The Bertz CT molecular complexity index is 413. The lowest BCUT2D eigenvalue weighted by molar-refractivity contribution is -0.122. The van der Waals surface area contributed by atoms with Crippen LogP contribution >= 0.6 is 22.6 Å². The maximum Gasteiger partial charge on any atom is 0.242 e. The van der Waals surface area contributed by atoms with Crippen molar-refractivity contribution in [2.75, 3.05) is 5.32 Å². The molecule has 0 spiro atoms. The molecule has 2 N–H and O–H groups in total. The summed E-state index contributed by atoms with van der Waals surface area (Å²) < 4.78 is 1.20. The van der Waals surface area contributed by atoms with Gasteiger partial charge in [0.05, 0.1) is 0 Å². The molecule has 1 fully saturated rings. The zero-order valence-electron chi connectivity index (χ0n) is 11.3. The summed E-state index contributed by atoms with van der Waals surface area (Å²) in [5, 5.41) is 6.39. The Kier molecular flexibility index (Phi) is 5.48. The molecule has 0 saturated heterocycles. The minimum absolute atomic E-state index is 0.102. The summed E-state index contributed by atoms with van der Waals surface area (Å²) in [6.07, 6.45) is 6.04. The average molecular weight is 372 g/mol. The lowest BCUT2D eigenvalue weighted by atomic mass is 9.95. The van der Waals surface area contributed by atoms with E-state index in [2.05, 4.69) is 33.2 Å². The number of amides is 1. The molecule has 0 bridgehead atoms. The van der Waals surface area contributed by atoms with Crippen LogP contribution in [0.15, 0.2) is 24.3 Å². The van der Waals surface area contributed by atoms with Gasteiger partial charge in [0, 0.05) is 15.3 Å². The van der Waals surface area contributed by atoms with Gasteiger partial charge in [-0.3, -0.25) is 4.79 Å². The van der Waals surface area contributed by atoms with Crippen molar-refractivity contribution < 1.29 is 4.79 Å². The summed E-state index contributed by atoms with van der Waals surface area (Å²) in [6, 6.07) is 8.27. The molecule has 0 unspecified atom stereocenters. The van der Waals surface area contributed by atoms with E-state index in [0.717, 1.165) is 18.5 Å². The molecule has 4 heteroatoms. The highest BCUT2D eigenvalue weighted by Crippen LogP contribution is 2.18. The Hall–Kier alpha value is -0.780. The second kappa shape index (κ2) is 7.12. The number of hydrogen-bond acceptors (Lipinski definition) is 2. The minimum Gasteiger partial charge on any atom is -0.374 e. The molecule has 2 rings (SSSR count). The fourth-order valence-corrected chi connectivity index (χ4v) is 2.79. The molecule has 104 valence electrons. The SMILES string of the molecule is C[C@H](Nc1ccc(I)cc1)C(=O)NC1CCCCC1. The molecule has 1 atom stereocenters. The van der Waals surface area contributed by atoms with Crippen LogP contribution in [0.2, 0.25) is 0 Å².